The zero-order valence-corrected chi connectivity index (χ0v) is 9.23. The number of hydrogen-bond acceptors (Lipinski definition) is 3. The first-order valence-electron chi connectivity index (χ1n) is 5.50. The highest BCUT2D eigenvalue weighted by Crippen LogP contribution is 2.34. The lowest BCUT2D eigenvalue weighted by Gasteiger charge is -2.15. The monoisotopic (exact) mass is 211 g/mol. The number of carbonyl (C=O) groups excluding carboxylic acids is 2. The molecule has 84 valence electrons. The van der Waals surface area contributed by atoms with Crippen molar-refractivity contribution in [2.75, 3.05) is 20.2 Å². The van der Waals surface area contributed by atoms with Gasteiger partial charge in [0.1, 0.15) is 0 Å². The van der Waals surface area contributed by atoms with Gasteiger partial charge in [-0.1, -0.05) is 6.92 Å². The summed E-state index contributed by atoms with van der Waals surface area (Å²) < 4.78 is 4.73. The molecule has 4 nitrogen and oxygen atoms in total. The minimum atomic E-state index is -0.186. The van der Waals surface area contributed by atoms with Gasteiger partial charge in [0.05, 0.1) is 13.0 Å². The zero-order chi connectivity index (χ0) is 11.0. The molecule has 1 saturated carbocycles. The van der Waals surface area contributed by atoms with Crippen LogP contribution >= 0.6 is 0 Å². The second-order valence-electron chi connectivity index (χ2n) is 4.62. The summed E-state index contributed by atoms with van der Waals surface area (Å²) >= 11 is 0. The largest absolute Gasteiger partial charge is 0.469 e. The third kappa shape index (κ3) is 1.98. The molecular formula is C11H17NO3. The average molecular weight is 211 g/mol. The van der Waals surface area contributed by atoms with E-state index in [0.29, 0.717) is 13.1 Å². The Morgan fingerprint density at radius 3 is 2.47 bits per heavy atom. The van der Waals surface area contributed by atoms with Gasteiger partial charge in [-0.05, 0) is 18.8 Å². The first kappa shape index (κ1) is 10.5. The van der Waals surface area contributed by atoms with Gasteiger partial charge >= 0.3 is 5.97 Å². The van der Waals surface area contributed by atoms with Crippen LogP contribution in [-0.4, -0.2) is 37.0 Å². The van der Waals surface area contributed by atoms with Gasteiger partial charge in [0.15, 0.2) is 0 Å². The van der Waals surface area contributed by atoms with Crippen molar-refractivity contribution in [2.24, 2.45) is 17.8 Å². The maximum absolute atomic E-state index is 11.8. The predicted octanol–water partition coefficient (Wildman–Crippen LogP) is 0.664. The maximum Gasteiger partial charge on any atom is 0.310 e. The van der Waals surface area contributed by atoms with E-state index < -0.39 is 0 Å². The lowest BCUT2D eigenvalue weighted by molar-refractivity contribution is -0.146. The van der Waals surface area contributed by atoms with Gasteiger partial charge in [-0.25, -0.2) is 0 Å². The van der Waals surface area contributed by atoms with Crippen molar-refractivity contribution in [1.82, 2.24) is 4.90 Å². The van der Waals surface area contributed by atoms with Crippen molar-refractivity contribution in [2.45, 2.75) is 19.8 Å². The summed E-state index contributed by atoms with van der Waals surface area (Å²) in [6.07, 6.45) is 2.04. The van der Waals surface area contributed by atoms with E-state index in [9.17, 15) is 9.59 Å². The minimum Gasteiger partial charge on any atom is -0.469 e. The lowest BCUT2D eigenvalue weighted by atomic mass is 9.99. The number of ether oxygens (including phenoxy) is 1. The molecule has 0 N–H and O–H groups in total. The molecule has 1 aliphatic carbocycles. The van der Waals surface area contributed by atoms with E-state index in [1.165, 1.54) is 7.11 Å². The third-order valence-corrected chi connectivity index (χ3v) is 3.35. The average Bonchev–Trinajstić information content (AvgIpc) is 3.00. The SMILES string of the molecule is COC(=O)C1CN(C(=O)C2CC2)CC1C. The van der Waals surface area contributed by atoms with Gasteiger partial charge in [0, 0.05) is 19.0 Å². The maximum atomic E-state index is 11.8. The molecule has 1 aliphatic heterocycles. The molecular weight excluding hydrogens is 194 g/mol. The summed E-state index contributed by atoms with van der Waals surface area (Å²) in [5, 5.41) is 0. The summed E-state index contributed by atoms with van der Waals surface area (Å²) in [6, 6.07) is 0. The molecule has 1 heterocycles. The van der Waals surface area contributed by atoms with Crippen molar-refractivity contribution < 1.29 is 14.3 Å². The molecule has 0 aromatic rings. The summed E-state index contributed by atoms with van der Waals surface area (Å²) in [6.45, 7) is 3.25. The molecule has 0 aromatic carbocycles. The fraction of sp³-hybridized carbons (Fsp3) is 0.818. The molecule has 0 spiro atoms. The van der Waals surface area contributed by atoms with Crippen LogP contribution in [0.2, 0.25) is 0 Å². The van der Waals surface area contributed by atoms with Gasteiger partial charge in [-0.15, -0.1) is 0 Å². The predicted molar refractivity (Wildman–Crippen MR) is 54.0 cm³/mol. The molecule has 2 atom stereocenters. The number of amides is 1. The van der Waals surface area contributed by atoms with Crippen LogP contribution in [0.3, 0.4) is 0 Å². The molecule has 15 heavy (non-hydrogen) atoms. The molecule has 0 radical (unpaired) electrons. The van der Waals surface area contributed by atoms with Crippen LogP contribution < -0.4 is 0 Å². The Labute approximate surface area is 89.6 Å². The first-order valence-corrected chi connectivity index (χ1v) is 5.50. The van der Waals surface area contributed by atoms with Crippen LogP contribution in [0, 0.1) is 17.8 Å². The fourth-order valence-electron chi connectivity index (χ4n) is 2.19. The molecule has 2 rings (SSSR count). The van der Waals surface area contributed by atoms with E-state index in [4.69, 9.17) is 4.74 Å². The summed E-state index contributed by atoms with van der Waals surface area (Å²) in [4.78, 5) is 25.0. The Balaban J connectivity index is 1.96. The molecule has 1 amide bonds. The standard InChI is InChI=1S/C11H17NO3/c1-7-5-12(10(13)8-3-4-8)6-9(7)11(14)15-2/h7-9H,3-6H2,1-2H3. The van der Waals surface area contributed by atoms with Crippen molar-refractivity contribution in [3.05, 3.63) is 0 Å². The number of esters is 1. The number of hydrogen-bond donors (Lipinski definition) is 0. The van der Waals surface area contributed by atoms with E-state index in [-0.39, 0.29) is 29.6 Å². The molecule has 2 unspecified atom stereocenters. The van der Waals surface area contributed by atoms with Crippen LogP contribution in [0.25, 0.3) is 0 Å². The van der Waals surface area contributed by atoms with Crippen LogP contribution in [0.4, 0.5) is 0 Å². The van der Waals surface area contributed by atoms with Crippen molar-refractivity contribution >= 4 is 11.9 Å². The highest BCUT2D eigenvalue weighted by Gasteiger charge is 2.41. The van der Waals surface area contributed by atoms with Gasteiger partial charge in [-0.2, -0.15) is 0 Å². The number of nitrogens with zero attached hydrogens (tertiary/aromatic N) is 1. The minimum absolute atomic E-state index is 0.127. The Bertz CT molecular complexity index is 286. The molecule has 0 bridgehead atoms. The number of carbonyl (C=O) groups is 2. The van der Waals surface area contributed by atoms with E-state index in [0.717, 1.165) is 12.8 Å². The quantitative estimate of drug-likeness (QED) is 0.630. The molecule has 1 saturated heterocycles. The highest BCUT2D eigenvalue weighted by molar-refractivity contribution is 5.83. The zero-order valence-electron chi connectivity index (χ0n) is 9.23. The smallest absolute Gasteiger partial charge is 0.310 e. The van der Waals surface area contributed by atoms with Crippen LogP contribution in [-0.2, 0) is 14.3 Å². The van der Waals surface area contributed by atoms with E-state index >= 15 is 0 Å². The van der Waals surface area contributed by atoms with Gasteiger partial charge in [0.2, 0.25) is 5.91 Å². The fourth-order valence-corrected chi connectivity index (χ4v) is 2.19. The van der Waals surface area contributed by atoms with Crippen LogP contribution in [0.5, 0.6) is 0 Å². The van der Waals surface area contributed by atoms with Crippen molar-refractivity contribution in [3.8, 4) is 0 Å². The van der Waals surface area contributed by atoms with Crippen molar-refractivity contribution in [1.29, 1.82) is 0 Å². The van der Waals surface area contributed by atoms with E-state index in [1.807, 2.05) is 11.8 Å². The number of rotatable bonds is 2. The molecule has 2 aliphatic rings. The number of likely N-dealkylation sites (tertiary alicyclic amines) is 1. The Kier molecular flexibility index (Phi) is 2.67. The topological polar surface area (TPSA) is 46.6 Å². The van der Waals surface area contributed by atoms with E-state index in [2.05, 4.69) is 0 Å². The Hall–Kier alpha value is -1.06. The van der Waals surface area contributed by atoms with Crippen LogP contribution in [0.1, 0.15) is 19.8 Å². The van der Waals surface area contributed by atoms with Crippen LogP contribution in [0.15, 0.2) is 0 Å². The normalized spacial score (nSPS) is 30.4. The summed E-state index contributed by atoms with van der Waals surface area (Å²) in [5.41, 5.74) is 0. The Morgan fingerprint density at radius 1 is 1.27 bits per heavy atom. The second-order valence-corrected chi connectivity index (χ2v) is 4.62. The van der Waals surface area contributed by atoms with E-state index in [1.54, 1.807) is 0 Å². The molecule has 4 heteroatoms. The number of methoxy groups -OCH3 is 1. The molecule has 0 aromatic heterocycles. The summed E-state index contributed by atoms with van der Waals surface area (Å²) in [5.74, 6) is 0.383. The lowest BCUT2D eigenvalue weighted by Crippen LogP contribution is -2.31. The highest BCUT2D eigenvalue weighted by atomic mass is 16.5. The molecule has 2 fully saturated rings. The van der Waals surface area contributed by atoms with Crippen molar-refractivity contribution in [3.63, 3.8) is 0 Å². The van der Waals surface area contributed by atoms with Gasteiger partial charge < -0.3 is 9.64 Å². The first-order chi connectivity index (χ1) is 7.13. The van der Waals surface area contributed by atoms with Gasteiger partial charge in [-0.3, -0.25) is 9.59 Å². The summed E-state index contributed by atoms with van der Waals surface area (Å²) in [7, 11) is 1.40. The Morgan fingerprint density at radius 2 is 1.93 bits per heavy atom. The van der Waals surface area contributed by atoms with Gasteiger partial charge in [0.25, 0.3) is 0 Å². The second kappa shape index (κ2) is 3.83. The third-order valence-electron chi connectivity index (χ3n) is 3.35.